The van der Waals surface area contributed by atoms with Crippen molar-refractivity contribution in [3.05, 3.63) is 29.8 Å². The lowest BCUT2D eigenvalue weighted by atomic mass is 10.1. The topological polar surface area (TPSA) is 72.6 Å². The monoisotopic (exact) mass is 312 g/mol. The van der Waals surface area contributed by atoms with Gasteiger partial charge in [-0.3, -0.25) is 0 Å². The van der Waals surface area contributed by atoms with Crippen LogP contribution in [0.4, 0.5) is 0 Å². The third-order valence-corrected chi connectivity index (χ3v) is 5.37. The number of hydrogen-bond acceptors (Lipinski definition) is 4. The second-order valence-corrected chi connectivity index (χ2v) is 8.28. The minimum absolute atomic E-state index is 0.125. The lowest BCUT2D eigenvalue weighted by molar-refractivity contribution is -0.109. The lowest BCUT2D eigenvalue weighted by Gasteiger charge is -2.40. The van der Waals surface area contributed by atoms with Crippen molar-refractivity contribution in [2.24, 2.45) is 5.73 Å². The third kappa shape index (κ3) is 3.63. The lowest BCUT2D eigenvalue weighted by Crippen LogP contribution is -2.53. The molecular formula is C15H24N2O3S. The Morgan fingerprint density at radius 2 is 2.10 bits per heavy atom. The molecule has 118 valence electrons. The van der Waals surface area contributed by atoms with E-state index in [9.17, 15) is 8.42 Å². The molecule has 1 aliphatic heterocycles. The Labute approximate surface area is 127 Å². The van der Waals surface area contributed by atoms with Gasteiger partial charge < -0.3 is 10.5 Å². The maximum atomic E-state index is 12.8. The van der Waals surface area contributed by atoms with Gasteiger partial charge in [-0.15, -0.1) is 0 Å². The summed E-state index contributed by atoms with van der Waals surface area (Å²) in [6, 6.07) is 6.66. The zero-order valence-electron chi connectivity index (χ0n) is 13.0. The van der Waals surface area contributed by atoms with Crippen molar-refractivity contribution in [3.63, 3.8) is 0 Å². The normalized spacial score (nSPS) is 24.7. The highest BCUT2D eigenvalue weighted by Gasteiger charge is 2.37. The maximum absolute atomic E-state index is 12.8. The quantitative estimate of drug-likeness (QED) is 0.925. The van der Waals surface area contributed by atoms with E-state index in [1.165, 1.54) is 4.31 Å². The Bertz CT molecular complexity index is 611. The highest BCUT2D eigenvalue weighted by Crippen LogP contribution is 2.27. The Kier molecular flexibility index (Phi) is 4.44. The Balaban J connectivity index is 2.35. The molecule has 2 atom stereocenters. The average molecular weight is 312 g/mol. The van der Waals surface area contributed by atoms with E-state index in [0.29, 0.717) is 18.0 Å². The number of nitrogens with two attached hydrogens (primary N) is 1. The fourth-order valence-electron chi connectivity index (χ4n) is 2.69. The SMILES string of the molecule is CC1CN(S(=O)(=O)c2cccc(C(C)N)c2)CC(C)(C)O1. The van der Waals surface area contributed by atoms with E-state index in [-0.39, 0.29) is 12.1 Å². The van der Waals surface area contributed by atoms with E-state index in [2.05, 4.69) is 0 Å². The summed E-state index contributed by atoms with van der Waals surface area (Å²) in [6.45, 7) is 8.26. The molecular weight excluding hydrogens is 288 g/mol. The predicted molar refractivity (Wildman–Crippen MR) is 82.4 cm³/mol. The van der Waals surface area contributed by atoms with Crippen LogP contribution in [0.5, 0.6) is 0 Å². The zero-order valence-corrected chi connectivity index (χ0v) is 13.9. The van der Waals surface area contributed by atoms with Crippen LogP contribution in [0.15, 0.2) is 29.2 Å². The van der Waals surface area contributed by atoms with Crippen LogP contribution in [0, 0.1) is 0 Å². The highest BCUT2D eigenvalue weighted by atomic mass is 32.2. The van der Waals surface area contributed by atoms with Gasteiger partial charge >= 0.3 is 0 Å². The van der Waals surface area contributed by atoms with Crippen LogP contribution in [0.1, 0.15) is 39.3 Å². The second-order valence-electron chi connectivity index (χ2n) is 6.35. The molecule has 1 fully saturated rings. The van der Waals surface area contributed by atoms with E-state index >= 15 is 0 Å². The first-order valence-electron chi connectivity index (χ1n) is 7.15. The Morgan fingerprint density at radius 3 is 2.67 bits per heavy atom. The summed E-state index contributed by atoms with van der Waals surface area (Å²) < 4.78 is 32.9. The number of ether oxygens (including phenoxy) is 1. The summed E-state index contributed by atoms with van der Waals surface area (Å²) >= 11 is 0. The van der Waals surface area contributed by atoms with Crippen molar-refractivity contribution in [2.75, 3.05) is 13.1 Å². The molecule has 2 rings (SSSR count). The summed E-state index contributed by atoms with van der Waals surface area (Å²) in [7, 11) is -3.52. The molecule has 0 amide bonds. The van der Waals surface area contributed by atoms with Gasteiger partial charge in [0.05, 0.1) is 16.6 Å². The van der Waals surface area contributed by atoms with Crippen LogP contribution in [0.3, 0.4) is 0 Å². The molecule has 6 heteroatoms. The molecule has 2 unspecified atom stereocenters. The number of rotatable bonds is 3. The van der Waals surface area contributed by atoms with Gasteiger partial charge in [-0.25, -0.2) is 8.42 Å². The Morgan fingerprint density at radius 1 is 1.43 bits per heavy atom. The number of benzene rings is 1. The number of hydrogen-bond donors (Lipinski definition) is 1. The first kappa shape index (κ1) is 16.4. The predicted octanol–water partition coefficient (Wildman–Crippen LogP) is 1.89. The maximum Gasteiger partial charge on any atom is 0.243 e. The van der Waals surface area contributed by atoms with Crippen LogP contribution >= 0.6 is 0 Å². The highest BCUT2D eigenvalue weighted by molar-refractivity contribution is 7.89. The van der Waals surface area contributed by atoms with Gasteiger partial charge in [-0.05, 0) is 45.4 Å². The van der Waals surface area contributed by atoms with Crippen LogP contribution < -0.4 is 5.73 Å². The Hall–Kier alpha value is -0.950. The van der Waals surface area contributed by atoms with Gasteiger partial charge in [0.25, 0.3) is 0 Å². The largest absolute Gasteiger partial charge is 0.370 e. The summed E-state index contributed by atoms with van der Waals surface area (Å²) in [5.74, 6) is 0. The van der Waals surface area contributed by atoms with E-state index in [1.807, 2.05) is 33.8 Å². The summed E-state index contributed by atoms with van der Waals surface area (Å²) in [6.07, 6.45) is -0.125. The molecule has 0 spiro atoms. The van der Waals surface area contributed by atoms with Gasteiger partial charge in [0.15, 0.2) is 0 Å². The van der Waals surface area contributed by atoms with E-state index in [4.69, 9.17) is 10.5 Å². The van der Waals surface area contributed by atoms with Gasteiger partial charge in [-0.1, -0.05) is 12.1 Å². The van der Waals surface area contributed by atoms with Crippen molar-refractivity contribution in [1.82, 2.24) is 4.31 Å². The molecule has 1 aliphatic rings. The van der Waals surface area contributed by atoms with Crippen molar-refractivity contribution >= 4 is 10.0 Å². The average Bonchev–Trinajstić information content (AvgIpc) is 2.36. The minimum Gasteiger partial charge on any atom is -0.370 e. The summed E-state index contributed by atoms with van der Waals surface area (Å²) in [5.41, 5.74) is 6.17. The molecule has 0 saturated carbocycles. The van der Waals surface area contributed by atoms with E-state index in [1.54, 1.807) is 18.2 Å². The van der Waals surface area contributed by atoms with E-state index in [0.717, 1.165) is 5.56 Å². The van der Waals surface area contributed by atoms with Crippen molar-refractivity contribution in [3.8, 4) is 0 Å². The molecule has 2 N–H and O–H groups in total. The fraction of sp³-hybridized carbons (Fsp3) is 0.600. The second kappa shape index (κ2) is 5.68. The molecule has 0 radical (unpaired) electrons. The molecule has 5 nitrogen and oxygen atoms in total. The molecule has 0 aromatic heterocycles. The first-order chi connectivity index (χ1) is 9.62. The molecule has 1 heterocycles. The van der Waals surface area contributed by atoms with Gasteiger partial charge in [0.2, 0.25) is 10.0 Å². The minimum atomic E-state index is -3.52. The number of nitrogens with zero attached hydrogens (tertiary/aromatic N) is 1. The zero-order chi connectivity index (χ0) is 15.8. The summed E-state index contributed by atoms with van der Waals surface area (Å²) in [5, 5.41) is 0. The molecule has 1 aromatic rings. The van der Waals surface area contributed by atoms with Gasteiger partial charge in [0.1, 0.15) is 0 Å². The number of morpholine rings is 1. The van der Waals surface area contributed by atoms with Crippen LogP contribution in [-0.2, 0) is 14.8 Å². The molecule has 0 bridgehead atoms. The molecule has 1 aromatic carbocycles. The van der Waals surface area contributed by atoms with Gasteiger partial charge in [0, 0.05) is 19.1 Å². The molecule has 1 saturated heterocycles. The summed E-state index contributed by atoms with van der Waals surface area (Å²) in [4.78, 5) is 0.294. The molecule has 0 aliphatic carbocycles. The third-order valence-electron chi connectivity index (χ3n) is 3.56. The first-order valence-corrected chi connectivity index (χ1v) is 8.59. The van der Waals surface area contributed by atoms with Crippen molar-refractivity contribution in [1.29, 1.82) is 0 Å². The van der Waals surface area contributed by atoms with E-state index < -0.39 is 15.6 Å². The molecule has 21 heavy (non-hydrogen) atoms. The van der Waals surface area contributed by atoms with Crippen LogP contribution in [-0.4, -0.2) is 37.5 Å². The van der Waals surface area contributed by atoms with Gasteiger partial charge in [-0.2, -0.15) is 4.31 Å². The van der Waals surface area contributed by atoms with Crippen molar-refractivity contribution < 1.29 is 13.2 Å². The van der Waals surface area contributed by atoms with Crippen LogP contribution in [0.2, 0.25) is 0 Å². The standard InChI is InChI=1S/C15H24N2O3S/c1-11-9-17(10-15(3,4)20-11)21(18,19)14-7-5-6-13(8-14)12(2)16/h5-8,11-12H,9-10,16H2,1-4H3. The number of sulfonamides is 1. The smallest absolute Gasteiger partial charge is 0.243 e. The van der Waals surface area contributed by atoms with Crippen LogP contribution in [0.25, 0.3) is 0 Å². The fourth-order valence-corrected chi connectivity index (χ4v) is 4.41. The van der Waals surface area contributed by atoms with Crippen molar-refractivity contribution in [2.45, 2.75) is 50.3 Å².